The van der Waals surface area contributed by atoms with Gasteiger partial charge in [-0.2, -0.15) is 0 Å². The minimum atomic E-state index is -0.180. The van der Waals surface area contributed by atoms with E-state index in [2.05, 4.69) is 21.5 Å². The smallest absolute Gasteiger partial charge is 0.319 e. The van der Waals surface area contributed by atoms with Gasteiger partial charge in [-0.25, -0.2) is 4.79 Å². The Labute approximate surface area is 118 Å². The van der Waals surface area contributed by atoms with Crippen LogP contribution in [0.1, 0.15) is 19.4 Å². The van der Waals surface area contributed by atoms with Crippen LogP contribution in [0.4, 0.5) is 10.5 Å². The maximum atomic E-state index is 11.4. The number of carbonyl (C=O) groups excluding carboxylic acids is 1. The SMILES string of the molecule is Br.CNNCc1ccc(NC(=O)NC(C)C)cc1. The van der Waals surface area contributed by atoms with Crippen molar-refractivity contribution < 1.29 is 4.79 Å². The predicted octanol–water partition coefficient (Wildman–Crippen LogP) is 2.02. The minimum Gasteiger partial charge on any atom is -0.336 e. The monoisotopic (exact) mass is 316 g/mol. The molecule has 2 amide bonds. The lowest BCUT2D eigenvalue weighted by molar-refractivity contribution is 0.250. The van der Waals surface area contributed by atoms with Gasteiger partial charge in [-0.05, 0) is 38.6 Å². The molecule has 0 heterocycles. The minimum absolute atomic E-state index is 0. The highest BCUT2D eigenvalue weighted by Crippen LogP contribution is 2.09. The second kappa shape index (κ2) is 8.91. The summed E-state index contributed by atoms with van der Waals surface area (Å²) < 4.78 is 0. The van der Waals surface area contributed by atoms with Crippen molar-refractivity contribution in [2.75, 3.05) is 12.4 Å². The van der Waals surface area contributed by atoms with Gasteiger partial charge in [0.25, 0.3) is 0 Å². The number of nitrogens with one attached hydrogen (secondary N) is 4. The van der Waals surface area contributed by atoms with Gasteiger partial charge in [-0.15, -0.1) is 17.0 Å². The topological polar surface area (TPSA) is 65.2 Å². The Hall–Kier alpha value is -1.11. The number of anilines is 1. The lowest BCUT2D eigenvalue weighted by atomic mass is 10.2. The molecule has 0 fully saturated rings. The molecular formula is C12H21BrN4O. The van der Waals surface area contributed by atoms with Crippen LogP contribution in [-0.2, 0) is 6.54 Å². The summed E-state index contributed by atoms with van der Waals surface area (Å²) in [5.41, 5.74) is 7.79. The first-order valence-corrected chi connectivity index (χ1v) is 5.68. The molecule has 5 nitrogen and oxygen atoms in total. The van der Waals surface area contributed by atoms with Crippen molar-refractivity contribution in [2.24, 2.45) is 0 Å². The molecule has 0 saturated carbocycles. The van der Waals surface area contributed by atoms with Crippen molar-refractivity contribution in [1.82, 2.24) is 16.2 Å². The fourth-order valence-electron chi connectivity index (χ4n) is 1.33. The van der Waals surface area contributed by atoms with Crippen LogP contribution in [-0.4, -0.2) is 19.1 Å². The van der Waals surface area contributed by atoms with Crippen LogP contribution in [0.25, 0.3) is 0 Å². The quantitative estimate of drug-likeness (QED) is 0.628. The standard InChI is InChI=1S/C12H20N4O.BrH/c1-9(2)15-12(17)16-11-6-4-10(5-7-11)8-14-13-3;/h4-7,9,13-14H,8H2,1-3H3,(H2,15,16,17);1H. The van der Waals surface area contributed by atoms with E-state index in [0.29, 0.717) is 0 Å². The summed E-state index contributed by atoms with van der Waals surface area (Å²) in [5, 5.41) is 5.54. The van der Waals surface area contributed by atoms with Crippen molar-refractivity contribution in [1.29, 1.82) is 0 Å². The maximum Gasteiger partial charge on any atom is 0.319 e. The fraction of sp³-hybridized carbons (Fsp3) is 0.417. The Kier molecular flexibility index (Phi) is 8.36. The molecular weight excluding hydrogens is 296 g/mol. The summed E-state index contributed by atoms with van der Waals surface area (Å²) >= 11 is 0. The highest BCUT2D eigenvalue weighted by molar-refractivity contribution is 8.93. The van der Waals surface area contributed by atoms with Gasteiger partial charge < -0.3 is 10.6 Å². The predicted molar refractivity (Wildman–Crippen MR) is 80.0 cm³/mol. The number of hydrogen-bond acceptors (Lipinski definition) is 3. The molecule has 6 heteroatoms. The Bertz CT molecular complexity index is 354. The molecule has 4 N–H and O–H groups in total. The van der Waals surface area contributed by atoms with Crippen LogP contribution in [0, 0.1) is 0 Å². The maximum absolute atomic E-state index is 11.4. The van der Waals surface area contributed by atoms with Crippen LogP contribution in [0.2, 0.25) is 0 Å². The number of hydrazine groups is 1. The molecule has 0 bridgehead atoms. The van der Waals surface area contributed by atoms with E-state index in [0.717, 1.165) is 17.8 Å². The summed E-state index contributed by atoms with van der Waals surface area (Å²) in [5.74, 6) is 0. The van der Waals surface area contributed by atoms with Crippen molar-refractivity contribution in [2.45, 2.75) is 26.4 Å². The molecule has 0 spiro atoms. The van der Waals surface area contributed by atoms with E-state index < -0.39 is 0 Å². The molecule has 0 aliphatic carbocycles. The second-order valence-corrected chi connectivity index (χ2v) is 4.05. The second-order valence-electron chi connectivity index (χ2n) is 4.05. The average molecular weight is 317 g/mol. The van der Waals surface area contributed by atoms with Crippen LogP contribution >= 0.6 is 17.0 Å². The van der Waals surface area contributed by atoms with Gasteiger partial charge in [-0.3, -0.25) is 10.9 Å². The number of halogens is 1. The zero-order chi connectivity index (χ0) is 12.7. The number of amides is 2. The van der Waals surface area contributed by atoms with Gasteiger partial charge in [0.1, 0.15) is 0 Å². The first kappa shape index (κ1) is 16.9. The van der Waals surface area contributed by atoms with E-state index in [9.17, 15) is 4.79 Å². The zero-order valence-electron chi connectivity index (χ0n) is 10.9. The van der Waals surface area contributed by atoms with Crippen LogP contribution in [0.15, 0.2) is 24.3 Å². The molecule has 1 rings (SSSR count). The number of rotatable bonds is 5. The van der Waals surface area contributed by atoms with Gasteiger partial charge in [0.05, 0.1) is 0 Å². The van der Waals surface area contributed by atoms with Crippen molar-refractivity contribution >= 4 is 28.7 Å². The molecule has 18 heavy (non-hydrogen) atoms. The first-order chi connectivity index (χ1) is 8.11. The highest BCUT2D eigenvalue weighted by atomic mass is 79.9. The molecule has 0 aromatic heterocycles. The fourth-order valence-corrected chi connectivity index (χ4v) is 1.33. The summed E-state index contributed by atoms with van der Waals surface area (Å²) in [6.07, 6.45) is 0. The van der Waals surface area contributed by atoms with Crippen LogP contribution in [0.5, 0.6) is 0 Å². The molecule has 1 aromatic carbocycles. The van der Waals surface area contributed by atoms with E-state index in [1.165, 1.54) is 0 Å². The number of benzene rings is 1. The lowest BCUT2D eigenvalue weighted by Crippen LogP contribution is -2.34. The normalized spacial score (nSPS) is 9.78. The third kappa shape index (κ3) is 6.58. The van der Waals surface area contributed by atoms with Crippen LogP contribution in [0.3, 0.4) is 0 Å². The van der Waals surface area contributed by atoms with Gasteiger partial charge in [0.15, 0.2) is 0 Å². The Morgan fingerprint density at radius 1 is 1.22 bits per heavy atom. The Morgan fingerprint density at radius 2 is 1.83 bits per heavy atom. The van der Waals surface area contributed by atoms with Gasteiger partial charge in [0, 0.05) is 18.3 Å². The van der Waals surface area contributed by atoms with Crippen molar-refractivity contribution in [3.05, 3.63) is 29.8 Å². The third-order valence-corrected chi connectivity index (χ3v) is 2.10. The molecule has 1 aromatic rings. The van der Waals surface area contributed by atoms with Gasteiger partial charge in [-0.1, -0.05) is 12.1 Å². The number of urea groups is 1. The van der Waals surface area contributed by atoms with Crippen LogP contribution < -0.4 is 21.5 Å². The Balaban J connectivity index is 0.00000289. The van der Waals surface area contributed by atoms with Gasteiger partial charge in [0.2, 0.25) is 0 Å². The van der Waals surface area contributed by atoms with Crippen molar-refractivity contribution in [3.63, 3.8) is 0 Å². The Morgan fingerprint density at radius 3 is 2.33 bits per heavy atom. The molecule has 0 atom stereocenters. The zero-order valence-corrected chi connectivity index (χ0v) is 12.6. The molecule has 0 saturated heterocycles. The largest absolute Gasteiger partial charge is 0.336 e. The molecule has 0 radical (unpaired) electrons. The number of hydrogen-bond donors (Lipinski definition) is 4. The van der Waals surface area contributed by atoms with E-state index in [-0.39, 0.29) is 29.1 Å². The van der Waals surface area contributed by atoms with E-state index >= 15 is 0 Å². The highest BCUT2D eigenvalue weighted by Gasteiger charge is 2.02. The first-order valence-electron chi connectivity index (χ1n) is 5.68. The molecule has 102 valence electrons. The van der Waals surface area contributed by atoms with Crippen molar-refractivity contribution in [3.8, 4) is 0 Å². The number of carbonyl (C=O) groups is 1. The van der Waals surface area contributed by atoms with E-state index in [4.69, 9.17) is 0 Å². The van der Waals surface area contributed by atoms with Gasteiger partial charge >= 0.3 is 6.03 Å². The summed E-state index contributed by atoms with van der Waals surface area (Å²) in [6, 6.07) is 7.65. The molecule has 0 aliphatic heterocycles. The van der Waals surface area contributed by atoms with E-state index in [1.807, 2.05) is 45.2 Å². The summed E-state index contributed by atoms with van der Waals surface area (Å²) in [4.78, 5) is 11.4. The van der Waals surface area contributed by atoms with E-state index in [1.54, 1.807) is 0 Å². The summed E-state index contributed by atoms with van der Waals surface area (Å²) in [6.45, 7) is 4.59. The third-order valence-electron chi connectivity index (χ3n) is 2.10. The lowest BCUT2D eigenvalue weighted by Gasteiger charge is -2.10. The molecule has 0 aliphatic rings. The average Bonchev–Trinajstić information content (AvgIpc) is 2.27. The summed E-state index contributed by atoms with van der Waals surface area (Å²) in [7, 11) is 1.83. The molecule has 0 unspecified atom stereocenters.